The van der Waals surface area contributed by atoms with Crippen LogP contribution in [0.3, 0.4) is 0 Å². The van der Waals surface area contributed by atoms with Crippen LogP contribution < -0.4 is 10.6 Å². The van der Waals surface area contributed by atoms with Gasteiger partial charge in [0.1, 0.15) is 6.10 Å². The molecule has 0 aromatic carbocycles. The number of nitrogens with one attached hydrogen (secondary N) is 2. The monoisotopic (exact) mass is 392 g/mol. The first kappa shape index (κ1) is 19.3. The summed E-state index contributed by atoms with van der Waals surface area (Å²) in [5.41, 5.74) is 0.888. The predicted octanol–water partition coefficient (Wildman–Crippen LogP) is 2.90. The third kappa shape index (κ3) is 5.78. The molecular formula is C18H24N4O4S. The second kappa shape index (κ2) is 9.50. The lowest BCUT2D eigenvalue weighted by Crippen LogP contribution is -2.44. The van der Waals surface area contributed by atoms with Crippen molar-refractivity contribution in [2.45, 2.75) is 57.6 Å². The Hall–Kier alpha value is -2.42. The number of carbonyl (C=O) groups excluding carboxylic acids is 2. The highest BCUT2D eigenvalue weighted by Crippen LogP contribution is 2.23. The number of aryl methyl sites for hydroxylation is 1. The average molecular weight is 392 g/mol. The molecule has 2 N–H and O–H groups in total. The number of esters is 1. The highest BCUT2D eigenvalue weighted by atomic mass is 32.1. The second-order valence-electron chi connectivity index (χ2n) is 6.48. The van der Waals surface area contributed by atoms with Gasteiger partial charge in [-0.05, 0) is 44.1 Å². The van der Waals surface area contributed by atoms with Crippen LogP contribution in [0.25, 0.3) is 11.5 Å². The number of hydrogen-bond acceptors (Lipinski definition) is 7. The van der Waals surface area contributed by atoms with Crippen molar-refractivity contribution < 1.29 is 18.7 Å². The number of rotatable bonds is 7. The Morgan fingerprint density at radius 1 is 1.30 bits per heavy atom. The summed E-state index contributed by atoms with van der Waals surface area (Å²) in [6.07, 6.45) is 3.61. The Bertz CT molecular complexity index is 738. The van der Waals surface area contributed by atoms with Gasteiger partial charge in [0.05, 0.1) is 6.42 Å². The van der Waals surface area contributed by atoms with E-state index in [0.29, 0.717) is 24.7 Å². The Kier molecular flexibility index (Phi) is 6.80. The zero-order chi connectivity index (χ0) is 19.1. The van der Waals surface area contributed by atoms with Crippen LogP contribution in [0.2, 0.25) is 0 Å². The van der Waals surface area contributed by atoms with Gasteiger partial charge in [0.2, 0.25) is 11.8 Å². The van der Waals surface area contributed by atoms with Gasteiger partial charge in [-0.15, -0.1) is 10.2 Å². The summed E-state index contributed by atoms with van der Waals surface area (Å²) in [4.78, 5) is 23.6. The van der Waals surface area contributed by atoms with Crippen LogP contribution in [-0.4, -0.2) is 40.9 Å². The maximum Gasteiger partial charge on any atom is 0.314 e. The molecule has 2 aromatic heterocycles. The summed E-state index contributed by atoms with van der Waals surface area (Å²) in [6, 6.07) is 1.91. The van der Waals surface area contributed by atoms with Crippen molar-refractivity contribution in [3.63, 3.8) is 0 Å². The van der Waals surface area contributed by atoms with Crippen molar-refractivity contribution in [2.24, 2.45) is 0 Å². The summed E-state index contributed by atoms with van der Waals surface area (Å²) in [7, 11) is 0. The normalized spacial score (nSPS) is 19.4. The molecule has 1 aliphatic carbocycles. The van der Waals surface area contributed by atoms with E-state index >= 15 is 0 Å². The molecule has 8 nitrogen and oxygen atoms in total. The van der Waals surface area contributed by atoms with Crippen molar-refractivity contribution >= 4 is 23.3 Å². The molecule has 146 valence electrons. The van der Waals surface area contributed by atoms with E-state index in [1.165, 1.54) is 0 Å². The van der Waals surface area contributed by atoms with E-state index in [4.69, 9.17) is 9.15 Å². The van der Waals surface area contributed by atoms with Gasteiger partial charge < -0.3 is 19.8 Å². The molecule has 0 atom stereocenters. The molecule has 27 heavy (non-hydrogen) atoms. The lowest BCUT2D eigenvalue weighted by molar-refractivity contribution is -0.150. The van der Waals surface area contributed by atoms with Crippen LogP contribution in [0, 0.1) is 0 Å². The fourth-order valence-electron chi connectivity index (χ4n) is 3.03. The van der Waals surface area contributed by atoms with Crippen LogP contribution >= 0.6 is 11.3 Å². The topological polar surface area (TPSA) is 106 Å². The number of ether oxygens (including phenoxy) is 1. The fraction of sp³-hybridized carbons (Fsp3) is 0.556. The number of nitrogens with zero attached hydrogens (tertiary/aromatic N) is 2. The van der Waals surface area contributed by atoms with Gasteiger partial charge in [0, 0.05) is 30.0 Å². The van der Waals surface area contributed by atoms with Crippen molar-refractivity contribution in [3.8, 4) is 11.5 Å². The molecule has 1 aliphatic rings. The average Bonchev–Trinajstić information content (AvgIpc) is 3.33. The predicted molar refractivity (Wildman–Crippen MR) is 100 cm³/mol. The molecule has 0 bridgehead atoms. The van der Waals surface area contributed by atoms with E-state index in [0.717, 1.165) is 31.2 Å². The molecule has 0 saturated heterocycles. The molecular weight excluding hydrogens is 368 g/mol. The zero-order valence-corrected chi connectivity index (χ0v) is 16.1. The lowest BCUT2D eigenvalue weighted by atomic mass is 9.93. The fourth-order valence-corrected chi connectivity index (χ4v) is 3.66. The standard InChI is InChI=1S/C18H24N4O4S/c1-2-19-18(24)20-13-3-5-14(6-4-13)25-16(23)8-7-15-21-22-17(26-15)12-9-10-27-11-12/h9-11,13-14H,2-8H2,1H3,(H2,19,20,24). The van der Waals surface area contributed by atoms with Gasteiger partial charge in [0.25, 0.3) is 0 Å². The van der Waals surface area contributed by atoms with Crippen molar-refractivity contribution in [1.82, 2.24) is 20.8 Å². The van der Waals surface area contributed by atoms with Crippen molar-refractivity contribution in [2.75, 3.05) is 6.54 Å². The molecule has 2 amide bonds. The van der Waals surface area contributed by atoms with E-state index in [1.54, 1.807) is 11.3 Å². The quantitative estimate of drug-likeness (QED) is 0.702. The number of aromatic nitrogens is 2. The Balaban J connectivity index is 1.36. The Labute approximate surface area is 161 Å². The number of carbonyl (C=O) groups is 2. The number of hydrogen-bond donors (Lipinski definition) is 2. The van der Waals surface area contributed by atoms with Gasteiger partial charge in [-0.25, -0.2) is 4.79 Å². The molecule has 3 rings (SSSR count). The number of urea groups is 1. The first-order valence-corrected chi connectivity index (χ1v) is 10.2. The Morgan fingerprint density at radius 2 is 2.11 bits per heavy atom. The minimum atomic E-state index is -0.259. The first-order valence-electron chi connectivity index (χ1n) is 9.23. The van der Waals surface area contributed by atoms with Gasteiger partial charge in [-0.1, -0.05) is 0 Å². The van der Waals surface area contributed by atoms with E-state index in [1.807, 2.05) is 23.8 Å². The van der Waals surface area contributed by atoms with Gasteiger partial charge >= 0.3 is 12.0 Å². The van der Waals surface area contributed by atoms with Crippen LogP contribution in [0.1, 0.15) is 44.9 Å². The number of thiophene rings is 1. The zero-order valence-electron chi connectivity index (χ0n) is 15.3. The molecule has 0 aliphatic heterocycles. The van der Waals surface area contributed by atoms with Crippen LogP contribution in [0.5, 0.6) is 0 Å². The van der Waals surface area contributed by atoms with Crippen molar-refractivity contribution in [3.05, 3.63) is 22.7 Å². The summed E-state index contributed by atoms with van der Waals surface area (Å²) in [5.74, 6) is 0.644. The van der Waals surface area contributed by atoms with Crippen LogP contribution in [-0.2, 0) is 16.0 Å². The van der Waals surface area contributed by atoms with Crippen molar-refractivity contribution in [1.29, 1.82) is 0 Å². The second-order valence-corrected chi connectivity index (χ2v) is 7.26. The molecule has 1 fully saturated rings. The largest absolute Gasteiger partial charge is 0.462 e. The first-order chi connectivity index (χ1) is 13.1. The highest BCUT2D eigenvalue weighted by Gasteiger charge is 2.25. The van der Waals surface area contributed by atoms with E-state index in [-0.39, 0.29) is 30.6 Å². The van der Waals surface area contributed by atoms with Gasteiger partial charge in [-0.3, -0.25) is 4.79 Å². The summed E-state index contributed by atoms with van der Waals surface area (Å²) < 4.78 is 11.1. The van der Waals surface area contributed by atoms with E-state index in [9.17, 15) is 9.59 Å². The molecule has 2 aromatic rings. The molecule has 0 unspecified atom stereocenters. The smallest absolute Gasteiger partial charge is 0.314 e. The number of amides is 2. The minimum Gasteiger partial charge on any atom is -0.462 e. The van der Waals surface area contributed by atoms with Crippen LogP contribution in [0.15, 0.2) is 21.2 Å². The van der Waals surface area contributed by atoms with Gasteiger partial charge in [0.15, 0.2) is 0 Å². The molecule has 0 radical (unpaired) electrons. The summed E-state index contributed by atoms with van der Waals surface area (Å²) >= 11 is 1.56. The maximum atomic E-state index is 12.1. The summed E-state index contributed by atoms with van der Waals surface area (Å²) in [6.45, 7) is 2.49. The minimum absolute atomic E-state index is 0.0890. The van der Waals surface area contributed by atoms with E-state index in [2.05, 4.69) is 20.8 Å². The Morgan fingerprint density at radius 3 is 2.81 bits per heavy atom. The molecule has 1 saturated carbocycles. The maximum absolute atomic E-state index is 12.1. The highest BCUT2D eigenvalue weighted by molar-refractivity contribution is 7.08. The molecule has 2 heterocycles. The van der Waals surface area contributed by atoms with E-state index < -0.39 is 0 Å². The van der Waals surface area contributed by atoms with Gasteiger partial charge in [-0.2, -0.15) is 11.3 Å². The SMILES string of the molecule is CCNC(=O)NC1CCC(OC(=O)CCc2nnc(-c3ccsc3)o2)CC1. The molecule has 0 spiro atoms. The third-order valence-corrected chi connectivity index (χ3v) is 5.11. The third-order valence-electron chi connectivity index (χ3n) is 4.42. The lowest BCUT2D eigenvalue weighted by Gasteiger charge is -2.28. The molecule has 9 heteroatoms. The summed E-state index contributed by atoms with van der Waals surface area (Å²) in [5, 5.41) is 17.5. The van der Waals surface area contributed by atoms with Crippen LogP contribution in [0.4, 0.5) is 4.79 Å².